The second-order valence-electron chi connectivity index (χ2n) is 21.7. The van der Waals surface area contributed by atoms with E-state index in [4.69, 9.17) is 61.7 Å². The van der Waals surface area contributed by atoms with Gasteiger partial charge in [-0.25, -0.2) is 9.59 Å². The Hall–Kier alpha value is -4.60. The Morgan fingerprint density at radius 3 is 2.22 bits per heavy atom. The van der Waals surface area contributed by atoms with Gasteiger partial charge in [-0.15, -0.1) is 0 Å². The monoisotopic (exact) mass is 1440 g/mol. The number of likely N-dealkylation sites (N-methyl/N-ethyl adjacent to an activating group) is 1. The molecule has 8 rings (SSSR count). The van der Waals surface area contributed by atoms with Crippen LogP contribution in [0.5, 0.6) is 17.2 Å². The zero-order valence-electron chi connectivity index (χ0n) is 51.4. The summed E-state index contributed by atoms with van der Waals surface area (Å²) in [6.45, 7) is 9.29. The molecule has 19 atom stereocenters. The lowest BCUT2D eigenvalue weighted by Crippen LogP contribution is -2.65. The minimum absolute atomic E-state index is 0.0130. The Kier molecular flexibility index (Phi) is 26.0. The Balaban J connectivity index is 1.03. The Bertz CT molecular complexity index is 3160. The topological polar surface area (TPSA) is 346 Å². The normalized spacial score (nSPS) is 33.6. The summed E-state index contributed by atoms with van der Waals surface area (Å²) >= 11 is 2.80. The fraction of sp³-hybridized carbons (Fsp3) is 0.574. The van der Waals surface area contributed by atoms with E-state index in [1.165, 1.54) is 67.2 Å². The molecule has 9 N–H and O–H groups in total. The van der Waals surface area contributed by atoms with Crippen molar-refractivity contribution in [3.05, 3.63) is 79.6 Å². The molecule has 2 aromatic carbocycles. The van der Waals surface area contributed by atoms with E-state index >= 15 is 0 Å². The van der Waals surface area contributed by atoms with Crippen LogP contribution < -0.4 is 30.3 Å². The largest absolute Gasteiger partial charge is 0.492 e. The van der Waals surface area contributed by atoms with Crippen LogP contribution >= 0.6 is 55.9 Å². The molecular weight excluding hydrogens is 1370 g/mol. The predicted molar refractivity (Wildman–Crippen MR) is 338 cm³/mol. The van der Waals surface area contributed by atoms with Crippen molar-refractivity contribution in [1.82, 2.24) is 16.1 Å². The van der Waals surface area contributed by atoms with E-state index < -0.39 is 139 Å². The molecule has 6 aliphatic rings. The molecule has 0 aromatic heterocycles. The quantitative estimate of drug-likeness (QED) is 0.0252. The molecule has 4 saturated heterocycles. The lowest BCUT2D eigenvalue weighted by Gasteiger charge is -2.46. The highest BCUT2D eigenvalue weighted by Crippen LogP contribution is 2.49. The van der Waals surface area contributed by atoms with Crippen LogP contribution in [0.25, 0.3) is 0 Å². The van der Waals surface area contributed by atoms with Gasteiger partial charge in [0.15, 0.2) is 41.8 Å². The first-order valence-corrected chi connectivity index (χ1v) is 33.3. The number of alkyl carbamates (subject to hydrolysis) is 1. The van der Waals surface area contributed by atoms with Crippen LogP contribution in [0.3, 0.4) is 0 Å². The summed E-state index contributed by atoms with van der Waals surface area (Å²) in [5.41, 5.74) is 1.03. The summed E-state index contributed by atoms with van der Waals surface area (Å²) in [4.78, 5) is 60.2. The van der Waals surface area contributed by atoms with Gasteiger partial charge in [-0.3, -0.25) is 19.7 Å². The number of nitrogens with one attached hydrogen (secondary N) is 3. The number of hydrogen-bond donors (Lipinski definition) is 9. The smallest absolute Gasteiger partial charge is 0.411 e. The molecule has 0 radical (unpaired) electrons. The number of carbonyl (C=O) groups excluding carboxylic acids is 3. The fourth-order valence-corrected chi connectivity index (χ4v) is 14.8. The molecule has 4 aliphatic heterocycles. The zero-order chi connectivity index (χ0) is 66.0. The van der Waals surface area contributed by atoms with Crippen molar-refractivity contribution >= 4 is 78.9 Å². The third-order valence-electron chi connectivity index (χ3n) is 15.9. The number of aromatic carboxylic acids is 1. The first-order valence-electron chi connectivity index (χ1n) is 29.0. The molecule has 0 saturated carbocycles. The molecule has 91 heavy (non-hydrogen) atoms. The van der Waals surface area contributed by atoms with Gasteiger partial charge in [0.1, 0.15) is 36.6 Å². The maximum absolute atomic E-state index is 14.5. The molecule has 2 bridgehead atoms. The molecule has 30 heteroatoms. The van der Waals surface area contributed by atoms with Gasteiger partial charge in [0.25, 0.3) is 0 Å². The number of fused-ring (bicyclic) bond motifs is 2. The van der Waals surface area contributed by atoms with E-state index in [0.29, 0.717) is 15.7 Å². The maximum atomic E-state index is 14.5. The van der Waals surface area contributed by atoms with Crippen LogP contribution in [0, 0.1) is 34.2 Å². The van der Waals surface area contributed by atoms with Crippen molar-refractivity contribution in [1.29, 1.82) is 0 Å². The fourth-order valence-electron chi connectivity index (χ4n) is 11.2. The van der Waals surface area contributed by atoms with Crippen LogP contribution in [0.4, 0.5) is 4.79 Å². The van der Waals surface area contributed by atoms with E-state index in [9.17, 15) is 49.8 Å². The number of aliphatic hydroxyl groups excluding tert-OH is 4. The van der Waals surface area contributed by atoms with Gasteiger partial charge < -0.3 is 92.8 Å². The van der Waals surface area contributed by atoms with Crippen LogP contribution in [0.1, 0.15) is 73.2 Å². The third-order valence-corrected chi connectivity index (χ3v) is 20.8. The molecule has 4 heterocycles. The second kappa shape index (κ2) is 32.7. The van der Waals surface area contributed by atoms with E-state index in [1.807, 2.05) is 29.5 Å². The number of carboxylic acid groups (broad SMARTS) is 1. The molecule has 2 aromatic rings. The minimum atomic E-state index is -2.16. The summed E-state index contributed by atoms with van der Waals surface area (Å²) in [7, 11) is 9.35. The number of aliphatic hydroxyl groups is 5. The molecule has 0 unspecified atom stereocenters. The summed E-state index contributed by atoms with van der Waals surface area (Å²) in [5.74, 6) is 9.91. The summed E-state index contributed by atoms with van der Waals surface area (Å²) < 4.78 is 72.7. The van der Waals surface area contributed by atoms with Crippen LogP contribution in [0.2, 0.25) is 0 Å². The van der Waals surface area contributed by atoms with Crippen LogP contribution in [-0.2, 0) is 52.3 Å². The highest BCUT2D eigenvalue weighted by atomic mass is 127. The number of benzene rings is 2. The number of rotatable bonds is 23. The zero-order valence-corrected chi connectivity index (χ0v) is 56.0. The number of methoxy groups -OCH3 is 5. The average Bonchev–Trinajstić information content (AvgIpc) is 0.833. The average molecular weight is 1440 g/mol. The van der Waals surface area contributed by atoms with Gasteiger partial charge in [-0.05, 0) is 98.8 Å². The number of halogens is 1. The van der Waals surface area contributed by atoms with Gasteiger partial charge in [-0.2, -0.15) is 5.48 Å². The molecular formula is C61H76IN3O23S3. The highest BCUT2D eigenvalue weighted by Gasteiger charge is 2.52. The first-order chi connectivity index (χ1) is 43.5. The predicted octanol–water partition coefficient (Wildman–Crippen LogP) is 3.68. The van der Waals surface area contributed by atoms with Crippen molar-refractivity contribution in [2.75, 3.05) is 54.5 Å². The maximum Gasteiger partial charge on any atom is 0.411 e. The van der Waals surface area contributed by atoms with E-state index in [-0.39, 0.29) is 76.5 Å². The van der Waals surface area contributed by atoms with Gasteiger partial charge >= 0.3 is 12.1 Å². The van der Waals surface area contributed by atoms with Crippen molar-refractivity contribution in [2.45, 2.75) is 174 Å². The highest BCUT2D eigenvalue weighted by molar-refractivity contribution is 14.1. The van der Waals surface area contributed by atoms with Crippen molar-refractivity contribution in [3.63, 3.8) is 0 Å². The number of ketones is 1. The van der Waals surface area contributed by atoms with Gasteiger partial charge in [-0.1, -0.05) is 70.0 Å². The number of Topliss-reactive ketones (excluding diaryl/α,β-unsaturated/α-hetero) is 1. The molecule has 0 spiro atoms. The Morgan fingerprint density at radius 2 is 1.56 bits per heavy atom. The Labute approximate surface area is 552 Å². The summed E-state index contributed by atoms with van der Waals surface area (Å²) in [5, 5.41) is 72.4. The number of thioether (sulfide) groups is 1. The van der Waals surface area contributed by atoms with Crippen molar-refractivity contribution in [3.8, 4) is 40.9 Å². The summed E-state index contributed by atoms with van der Waals surface area (Å²) in [6.07, 6.45) is -14.6. The van der Waals surface area contributed by atoms with Gasteiger partial charge in [0.2, 0.25) is 17.2 Å². The number of hydrogen-bond acceptors (Lipinski definition) is 27. The molecule has 1 amide bonds. The molecule has 4 fully saturated rings. The van der Waals surface area contributed by atoms with Crippen molar-refractivity contribution in [2.24, 2.45) is 0 Å². The number of ether oxygens (including phenoxy) is 12. The van der Waals surface area contributed by atoms with Crippen LogP contribution in [0.15, 0.2) is 64.2 Å². The standard InChI is InChI=1S/C61H76IN3O23S3/c1-11-63-35-27-81-40(25-39(35)76-6)86-53-48(69)45(65-88-41-24-36(66)55(31(5)82-41)90-57(73)42-28(2)44(62)51(54(79-9)50(42)77-7)87-58-49(70)52(78-8)47(68)30(4)84-58)29(3)83-59(53)85-38-16-14-12-13-15-22-61(75)26-37(67)46(64-60(74)80-10)43(38)34(61)21-23-89-91-33-19-17-32(18-20-33)56(71)72/h12-13,17-21,29-31,35-36,38-41,45,47-49,52-53,55,58-59,63,65-66,68-70,75H,11,23-27H2,1-10H3,(H,64,74)(H,71,72)/b13-12?,34-21+/t29-,30+,31-,35+,36+,38+,39+,40+,41+,45-,47+,48+,49-,52-,53-,55-,58+,59+,61+/m1/s1. The minimum Gasteiger partial charge on any atom is -0.492 e. The van der Waals surface area contributed by atoms with Gasteiger partial charge in [0.05, 0.1) is 103 Å². The number of amides is 1. The van der Waals surface area contributed by atoms with Crippen LogP contribution in [-0.4, -0.2) is 223 Å². The Morgan fingerprint density at radius 1 is 0.846 bits per heavy atom. The van der Waals surface area contributed by atoms with Gasteiger partial charge in [0, 0.05) is 48.9 Å². The first kappa shape index (κ1) is 72.2. The number of allylic oxidation sites excluding steroid dienone is 3. The van der Waals surface area contributed by atoms with E-state index in [0.717, 1.165) is 23.8 Å². The third kappa shape index (κ3) is 16.7. The summed E-state index contributed by atoms with van der Waals surface area (Å²) in [6, 6.07) is 4.91. The number of hydroxylamine groups is 1. The lowest BCUT2D eigenvalue weighted by atomic mass is 9.75. The van der Waals surface area contributed by atoms with Crippen molar-refractivity contribution < 1.29 is 111 Å². The second-order valence-corrected chi connectivity index (χ2v) is 26.4. The number of carboxylic acids is 1. The lowest BCUT2D eigenvalue weighted by molar-refractivity contribution is -0.336. The molecule has 26 nitrogen and oxygen atoms in total. The van der Waals surface area contributed by atoms with E-state index in [1.54, 1.807) is 53.0 Å². The molecule has 498 valence electrons. The van der Waals surface area contributed by atoms with E-state index in [2.05, 4.69) is 39.8 Å². The molecule has 2 aliphatic carbocycles. The number of carbonyl (C=O) groups is 4. The SMILES string of the molecule is CCN[C@H]1CO[C@@H](O[C@H]2[C@H](O[C@H]3C#CC=CC#C[C@]4(O)CC(=O)C(NC(=O)OC)=C3/C4=C\CSSc3ccc(C(=O)O)cc3)O[C@H](C)[C@@H](NO[C@H]3C[C@H](O)[C@H](SC(=O)c4c(C)c(I)c(O[C@@H]5O[C@@H](C)[C@H](O)[C@@H](OC)[C@H]5O)c(OC)c4OC)[C@@H](C)O3)[C@@H]2O)C[C@@H]1OC.